The number of rotatable bonds is 6. The molecule has 8 heteroatoms. The molecule has 0 bridgehead atoms. The molecule has 2 amide bonds. The molecule has 0 aliphatic rings. The van der Waals surface area contributed by atoms with Gasteiger partial charge in [-0.15, -0.1) is 11.8 Å². The van der Waals surface area contributed by atoms with Gasteiger partial charge < -0.3 is 10.6 Å². The largest absolute Gasteiger partial charge is 0.325 e. The second-order valence-corrected chi connectivity index (χ2v) is 9.05. The lowest BCUT2D eigenvalue weighted by atomic mass is 10.2. The molecule has 0 saturated carbocycles. The molecule has 2 N–H and O–H groups in total. The van der Waals surface area contributed by atoms with Crippen LogP contribution in [0.4, 0.5) is 11.4 Å². The smallest absolute Gasteiger partial charge is 0.257 e. The monoisotopic (exact) mass is 478 g/mol. The third-order valence-corrected chi connectivity index (χ3v) is 5.99. The van der Waals surface area contributed by atoms with E-state index in [1.807, 2.05) is 19.1 Å². The summed E-state index contributed by atoms with van der Waals surface area (Å²) >= 11 is 19.2. The molecule has 4 nitrogen and oxygen atoms in total. The highest BCUT2D eigenvalue weighted by Gasteiger charge is 2.15. The predicted octanol–water partition coefficient (Wildman–Crippen LogP) is 7.02. The van der Waals surface area contributed by atoms with E-state index >= 15 is 0 Å². The minimum atomic E-state index is -0.326. The topological polar surface area (TPSA) is 58.2 Å². The van der Waals surface area contributed by atoms with E-state index in [-0.39, 0.29) is 22.1 Å². The standard InChI is InChI=1S/C22H17Cl3N2O2S/c1-13(21(28)26-16-5-2-14(23)3-6-16)30-18-9-7-17(8-10-18)27-22(29)19-11-4-15(24)12-20(19)25/h2-13H,1H3,(H,26,28)(H,27,29). The van der Waals surface area contributed by atoms with Crippen LogP contribution in [-0.2, 0) is 4.79 Å². The van der Waals surface area contributed by atoms with Crippen LogP contribution >= 0.6 is 46.6 Å². The molecular formula is C22H17Cl3N2O2S. The van der Waals surface area contributed by atoms with Crippen LogP contribution in [0.3, 0.4) is 0 Å². The van der Waals surface area contributed by atoms with Gasteiger partial charge in [0, 0.05) is 26.3 Å². The Bertz CT molecular complexity index is 1060. The van der Waals surface area contributed by atoms with Gasteiger partial charge in [0.2, 0.25) is 5.91 Å². The van der Waals surface area contributed by atoms with Gasteiger partial charge in [0.25, 0.3) is 5.91 Å². The fourth-order valence-electron chi connectivity index (χ4n) is 2.52. The zero-order valence-corrected chi connectivity index (χ0v) is 18.9. The Balaban J connectivity index is 1.57. The minimum absolute atomic E-state index is 0.114. The van der Waals surface area contributed by atoms with E-state index in [1.165, 1.54) is 17.8 Å². The molecule has 3 aromatic rings. The zero-order valence-electron chi connectivity index (χ0n) is 15.8. The second-order valence-electron chi connectivity index (χ2n) is 6.36. The summed E-state index contributed by atoms with van der Waals surface area (Å²) in [5.41, 5.74) is 1.65. The number of carbonyl (C=O) groups is 2. The number of anilines is 2. The fraction of sp³-hybridized carbons (Fsp3) is 0.0909. The SMILES string of the molecule is CC(Sc1ccc(NC(=O)c2ccc(Cl)cc2Cl)cc1)C(=O)Nc1ccc(Cl)cc1. The molecule has 1 unspecified atom stereocenters. The third-order valence-electron chi connectivity index (χ3n) is 4.08. The number of hydrogen-bond donors (Lipinski definition) is 2. The first-order valence-corrected chi connectivity index (χ1v) is 10.9. The predicted molar refractivity (Wildman–Crippen MR) is 126 cm³/mol. The maximum atomic E-state index is 12.4. The zero-order chi connectivity index (χ0) is 21.7. The Morgan fingerprint density at radius 3 is 2.00 bits per heavy atom. The summed E-state index contributed by atoms with van der Waals surface area (Å²) in [6.07, 6.45) is 0. The second kappa shape index (κ2) is 10.2. The van der Waals surface area contributed by atoms with Gasteiger partial charge in [0.05, 0.1) is 15.8 Å². The van der Waals surface area contributed by atoms with E-state index in [0.29, 0.717) is 27.0 Å². The summed E-state index contributed by atoms with van der Waals surface area (Å²) in [6, 6.07) is 18.9. The molecular weight excluding hydrogens is 463 g/mol. The van der Waals surface area contributed by atoms with Crippen LogP contribution in [0.1, 0.15) is 17.3 Å². The van der Waals surface area contributed by atoms with Gasteiger partial charge in [-0.1, -0.05) is 34.8 Å². The van der Waals surface area contributed by atoms with Crippen LogP contribution in [-0.4, -0.2) is 17.1 Å². The highest BCUT2D eigenvalue weighted by atomic mass is 35.5. The maximum absolute atomic E-state index is 12.4. The lowest BCUT2D eigenvalue weighted by Gasteiger charge is -2.13. The van der Waals surface area contributed by atoms with Crippen LogP contribution in [0, 0.1) is 0 Å². The van der Waals surface area contributed by atoms with Crippen molar-refractivity contribution in [3.05, 3.63) is 87.4 Å². The van der Waals surface area contributed by atoms with Crippen molar-refractivity contribution in [2.75, 3.05) is 10.6 Å². The average molecular weight is 480 g/mol. The van der Waals surface area contributed by atoms with Crippen molar-refractivity contribution in [3.63, 3.8) is 0 Å². The quantitative estimate of drug-likeness (QED) is 0.374. The van der Waals surface area contributed by atoms with Crippen molar-refractivity contribution in [2.45, 2.75) is 17.1 Å². The normalized spacial score (nSPS) is 11.6. The van der Waals surface area contributed by atoms with Crippen molar-refractivity contribution < 1.29 is 9.59 Å². The molecule has 0 saturated heterocycles. The van der Waals surface area contributed by atoms with Gasteiger partial charge in [-0.25, -0.2) is 0 Å². The summed E-state index contributed by atoms with van der Waals surface area (Å²) in [6.45, 7) is 1.83. The van der Waals surface area contributed by atoms with Gasteiger partial charge in [-0.05, 0) is 73.7 Å². The molecule has 0 aromatic heterocycles. The summed E-state index contributed by atoms with van der Waals surface area (Å²) in [5.74, 6) is -0.440. The molecule has 0 aliphatic carbocycles. The lowest BCUT2D eigenvalue weighted by Crippen LogP contribution is -2.22. The highest BCUT2D eigenvalue weighted by molar-refractivity contribution is 8.00. The molecule has 0 heterocycles. The van der Waals surface area contributed by atoms with Gasteiger partial charge in [-0.3, -0.25) is 9.59 Å². The number of carbonyl (C=O) groups excluding carboxylic acids is 2. The number of thioether (sulfide) groups is 1. The Kier molecular flexibility index (Phi) is 7.67. The minimum Gasteiger partial charge on any atom is -0.325 e. The fourth-order valence-corrected chi connectivity index (χ4v) is 4.01. The number of hydrogen-bond acceptors (Lipinski definition) is 3. The highest BCUT2D eigenvalue weighted by Crippen LogP contribution is 2.27. The molecule has 1 atom stereocenters. The summed E-state index contributed by atoms with van der Waals surface area (Å²) in [5, 5.41) is 6.70. The molecule has 0 fully saturated rings. The third kappa shape index (κ3) is 6.16. The molecule has 30 heavy (non-hydrogen) atoms. The molecule has 154 valence electrons. The van der Waals surface area contributed by atoms with E-state index in [4.69, 9.17) is 34.8 Å². The van der Waals surface area contributed by atoms with Crippen LogP contribution in [0.5, 0.6) is 0 Å². The van der Waals surface area contributed by atoms with Gasteiger partial charge in [0.1, 0.15) is 0 Å². The number of nitrogens with one attached hydrogen (secondary N) is 2. The summed E-state index contributed by atoms with van der Waals surface area (Å²) < 4.78 is 0. The number of halogens is 3. The molecule has 0 radical (unpaired) electrons. The summed E-state index contributed by atoms with van der Waals surface area (Å²) in [4.78, 5) is 25.7. The Hall–Kier alpha value is -2.18. The lowest BCUT2D eigenvalue weighted by molar-refractivity contribution is -0.115. The Morgan fingerprint density at radius 1 is 0.800 bits per heavy atom. The average Bonchev–Trinajstić information content (AvgIpc) is 2.71. The van der Waals surface area contributed by atoms with Crippen molar-refractivity contribution in [3.8, 4) is 0 Å². The van der Waals surface area contributed by atoms with Crippen LogP contribution < -0.4 is 10.6 Å². The maximum Gasteiger partial charge on any atom is 0.257 e. The van der Waals surface area contributed by atoms with Crippen LogP contribution in [0.15, 0.2) is 71.6 Å². The van der Waals surface area contributed by atoms with E-state index < -0.39 is 0 Å². The molecule has 3 rings (SSSR count). The first-order chi connectivity index (χ1) is 14.3. The first-order valence-electron chi connectivity index (χ1n) is 8.91. The van der Waals surface area contributed by atoms with Crippen LogP contribution in [0.25, 0.3) is 0 Å². The molecule has 0 spiro atoms. The Morgan fingerprint density at radius 2 is 1.37 bits per heavy atom. The number of amides is 2. The number of benzene rings is 3. The van der Waals surface area contributed by atoms with Crippen LogP contribution in [0.2, 0.25) is 15.1 Å². The van der Waals surface area contributed by atoms with Crippen molar-refractivity contribution >= 4 is 69.8 Å². The van der Waals surface area contributed by atoms with E-state index in [2.05, 4.69) is 10.6 Å². The summed E-state index contributed by atoms with van der Waals surface area (Å²) in [7, 11) is 0. The molecule has 0 aliphatic heterocycles. The van der Waals surface area contributed by atoms with Crippen molar-refractivity contribution in [1.29, 1.82) is 0 Å². The van der Waals surface area contributed by atoms with E-state index in [1.54, 1.807) is 48.5 Å². The van der Waals surface area contributed by atoms with E-state index in [0.717, 1.165) is 4.90 Å². The van der Waals surface area contributed by atoms with Crippen molar-refractivity contribution in [2.24, 2.45) is 0 Å². The van der Waals surface area contributed by atoms with Gasteiger partial charge >= 0.3 is 0 Å². The van der Waals surface area contributed by atoms with Gasteiger partial charge in [0.15, 0.2) is 0 Å². The Labute approximate surface area is 193 Å². The van der Waals surface area contributed by atoms with E-state index in [9.17, 15) is 9.59 Å². The first kappa shape index (κ1) is 22.5. The van der Waals surface area contributed by atoms with Gasteiger partial charge in [-0.2, -0.15) is 0 Å². The van der Waals surface area contributed by atoms with Crippen molar-refractivity contribution in [1.82, 2.24) is 0 Å². The molecule has 3 aromatic carbocycles.